The van der Waals surface area contributed by atoms with E-state index in [1.165, 1.54) is 20.1 Å². The molecule has 9 heteroatoms. The minimum Gasteiger partial charge on any atom is -0.545 e. The van der Waals surface area contributed by atoms with Gasteiger partial charge in [-0.1, -0.05) is 18.2 Å². The van der Waals surface area contributed by atoms with Gasteiger partial charge in [-0.2, -0.15) is 0 Å². The number of nitrogens with one attached hydrogen (secondary N) is 1. The number of ether oxygens (including phenoxy) is 3. The van der Waals surface area contributed by atoms with Crippen molar-refractivity contribution >= 4 is 28.9 Å². The molecule has 1 N–H and O–H groups in total. The number of carbonyl (C=O) groups excluding carboxylic acids is 3. The van der Waals surface area contributed by atoms with Gasteiger partial charge in [0, 0.05) is 35.7 Å². The molecule has 36 heavy (non-hydrogen) atoms. The molecule has 0 unspecified atom stereocenters. The van der Waals surface area contributed by atoms with E-state index in [1.807, 2.05) is 0 Å². The van der Waals surface area contributed by atoms with Crippen molar-refractivity contribution in [3.63, 3.8) is 0 Å². The van der Waals surface area contributed by atoms with E-state index >= 15 is 0 Å². The Kier molecular flexibility index (Phi) is 9.47. The smallest absolute Gasteiger partial charge is 0.545 e. The van der Waals surface area contributed by atoms with E-state index < -0.39 is 11.8 Å². The second-order valence-corrected chi connectivity index (χ2v) is 7.82. The predicted molar refractivity (Wildman–Crippen MR) is 126 cm³/mol. The van der Waals surface area contributed by atoms with Crippen molar-refractivity contribution in [3.05, 3.63) is 89.0 Å². The standard InChI is InChI=1S/C27H23NO7.K/c1-16(29)28-20-8-3-17(4-9-20)13-22(26(30)18-5-10-21(33-2)11-6-18)25(27(31)32)19-7-12-23-24(14-19)35-15-34-23;/h3-12,14H,13,15H2,1-2H3,(H,28,29)(H,31,32);/q;+1/p-1/b25-22+;. The molecular weight excluding hydrogens is 489 g/mol. The van der Waals surface area contributed by atoms with Crippen LogP contribution in [-0.4, -0.2) is 31.6 Å². The molecule has 1 heterocycles. The average Bonchev–Trinajstić information content (AvgIpc) is 3.32. The molecule has 4 rings (SSSR count). The van der Waals surface area contributed by atoms with Crippen LogP contribution >= 0.6 is 0 Å². The van der Waals surface area contributed by atoms with Crippen molar-refractivity contribution in [2.24, 2.45) is 0 Å². The number of hydrogen-bond acceptors (Lipinski definition) is 7. The van der Waals surface area contributed by atoms with Crippen LogP contribution in [0.15, 0.2) is 72.3 Å². The number of aliphatic carboxylic acids is 1. The second kappa shape index (κ2) is 12.3. The molecule has 1 aliphatic rings. The van der Waals surface area contributed by atoms with Gasteiger partial charge in [0.2, 0.25) is 12.7 Å². The molecule has 0 bridgehead atoms. The van der Waals surface area contributed by atoms with Crippen molar-refractivity contribution in [1.29, 1.82) is 0 Å². The summed E-state index contributed by atoms with van der Waals surface area (Å²) in [5.41, 5.74) is 1.63. The van der Waals surface area contributed by atoms with Gasteiger partial charge in [0.1, 0.15) is 5.75 Å². The number of carboxylic acid groups (broad SMARTS) is 1. The Morgan fingerprint density at radius 2 is 1.56 bits per heavy atom. The molecule has 0 saturated carbocycles. The monoisotopic (exact) mass is 511 g/mol. The molecule has 0 fully saturated rings. The third kappa shape index (κ3) is 6.43. The number of rotatable bonds is 8. The molecule has 8 nitrogen and oxygen atoms in total. The molecule has 0 aromatic heterocycles. The molecule has 0 aliphatic carbocycles. The molecular formula is C27H22KNO7. The molecule has 0 spiro atoms. The Hall–Kier alpha value is -2.95. The zero-order valence-corrected chi connectivity index (χ0v) is 23.2. The average molecular weight is 512 g/mol. The van der Waals surface area contributed by atoms with E-state index in [0.29, 0.717) is 34.1 Å². The van der Waals surface area contributed by atoms with Gasteiger partial charge in [-0.25, -0.2) is 0 Å². The number of Topliss-reactive ketones (excluding diaryl/α,β-unsaturated/α-hetero) is 1. The fourth-order valence-corrected chi connectivity index (χ4v) is 3.78. The summed E-state index contributed by atoms with van der Waals surface area (Å²) >= 11 is 0. The topological polar surface area (TPSA) is 114 Å². The van der Waals surface area contributed by atoms with E-state index in [1.54, 1.807) is 60.7 Å². The number of benzene rings is 3. The van der Waals surface area contributed by atoms with Crippen LogP contribution in [0.5, 0.6) is 17.2 Å². The maximum atomic E-state index is 13.6. The van der Waals surface area contributed by atoms with Crippen LogP contribution < -0.4 is 76.0 Å². The van der Waals surface area contributed by atoms with Gasteiger partial charge < -0.3 is 29.4 Å². The number of amides is 1. The Labute approximate surface area is 250 Å². The number of carbonyl (C=O) groups is 3. The number of methoxy groups -OCH3 is 1. The van der Waals surface area contributed by atoms with Crippen molar-refractivity contribution in [2.75, 3.05) is 19.2 Å². The number of carboxylic acids is 1. The van der Waals surface area contributed by atoms with Gasteiger partial charge in [0.25, 0.3) is 0 Å². The van der Waals surface area contributed by atoms with Crippen LogP contribution in [-0.2, 0) is 16.0 Å². The van der Waals surface area contributed by atoms with E-state index in [9.17, 15) is 19.5 Å². The Balaban J connectivity index is 0.00000361. The maximum Gasteiger partial charge on any atom is 1.00 e. The summed E-state index contributed by atoms with van der Waals surface area (Å²) in [5.74, 6) is -0.724. The van der Waals surface area contributed by atoms with Crippen LogP contribution in [0.4, 0.5) is 5.69 Å². The van der Waals surface area contributed by atoms with Crippen molar-refractivity contribution in [2.45, 2.75) is 13.3 Å². The van der Waals surface area contributed by atoms with E-state index in [2.05, 4.69) is 5.32 Å². The quantitative estimate of drug-likeness (QED) is 0.258. The summed E-state index contributed by atoms with van der Waals surface area (Å²) in [6, 6.07) is 17.9. The molecule has 0 saturated heterocycles. The van der Waals surface area contributed by atoms with E-state index in [-0.39, 0.29) is 87.2 Å². The zero-order chi connectivity index (χ0) is 24.9. The van der Waals surface area contributed by atoms with Crippen LogP contribution in [0.1, 0.15) is 28.4 Å². The first-order valence-electron chi connectivity index (χ1n) is 10.8. The first-order chi connectivity index (χ1) is 16.9. The normalized spacial score (nSPS) is 12.2. The van der Waals surface area contributed by atoms with Gasteiger partial charge in [0.05, 0.1) is 13.1 Å². The van der Waals surface area contributed by atoms with Crippen LogP contribution in [0.25, 0.3) is 5.57 Å². The van der Waals surface area contributed by atoms with Crippen molar-refractivity contribution in [3.8, 4) is 17.2 Å². The summed E-state index contributed by atoms with van der Waals surface area (Å²) in [4.78, 5) is 37.3. The number of allylic oxidation sites excluding steroid dienone is 1. The fourth-order valence-electron chi connectivity index (χ4n) is 3.78. The molecule has 0 atom stereocenters. The van der Waals surface area contributed by atoms with Gasteiger partial charge in [-0.15, -0.1) is 0 Å². The molecule has 1 aliphatic heterocycles. The summed E-state index contributed by atoms with van der Waals surface area (Å²) in [5, 5.41) is 15.1. The minimum atomic E-state index is -1.49. The molecule has 3 aromatic carbocycles. The third-order valence-electron chi connectivity index (χ3n) is 5.45. The van der Waals surface area contributed by atoms with E-state index in [0.717, 1.165) is 0 Å². The molecule has 178 valence electrons. The van der Waals surface area contributed by atoms with Gasteiger partial charge in [-0.05, 0) is 59.7 Å². The van der Waals surface area contributed by atoms with Crippen LogP contribution in [0, 0.1) is 0 Å². The Morgan fingerprint density at radius 1 is 0.917 bits per heavy atom. The number of hydrogen-bond donors (Lipinski definition) is 1. The molecule has 1 amide bonds. The summed E-state index contributed by atoms with van der Waals surface area (Å²) in [6.07, 6.45) is 0.0168. The summed E-state index contributed by atoms with van der Waals surface area (Å²) in [7, 11) is 1.51. The van der Waals surface area contributed by atoms with Crippen LogP contribution in [0.2, 0.25) is 0 Å². The maximum absolute atomic E-state index is 13.6. The Morgan fingerprint density at radius 3 is 2.17 bits per heavy atom. The third-order valence-corrected chi connectivity index (χ3v) is 5.45. The predicted octanol–water partition coefficient (Wildman–Crippen LogP) is 0.0154. The Bertz CT molecular complexity index is 1310. The van der Waals surface area contributed by atoms with Crippen molar-refractivity contribution in [1.82, 2.24) is 0 Å². The number of anilines is 1. The first-order valence-corrected chi connectivity index (χ1v) is 10.8. The van der Waals surface area contributed by atoms with Crippen molar-refractivity contribution < 1.29 is 85.1 Å². The van der Waals surface area contributed by atoms with Crippen LogP contribution in [0.3, 0.4) is 0 Å². The largest absolute Gasteiger partial charge is 1.00 e. The summed E-state index contributed by atoms with van der Waals surface area (Å²) in [6.45, 7) is 1.43. The number of ketones is 1. The number of fused-ring (bicyclic) bond motifs is 1. The second-order valence-electron chi connectivity index (χ2n) is 7.82. The van der Waals surface area contributed by atoms with Gasteiger partial charge >= 0.3 is 51.4 Å². The van der Waals surface area contributed by atoms with Gasteiger partial charge in [0.15, 0.2) is 17.3 Å². The molecule has 0 radical (unpaired) electrons. The minimum absolute atomic E-state index is 0. The SMILES string of the molecule is COc1ccc(C(=O)/C(Cc2ccc(NC(C)=O)cc2)=C(/C(=O)[O-])c2ccc3c(c2)OCO3)cc1.[K+]. The molecule has 3 aromatic rings. The zero-order valence-electron chi connectivity index (χ0n) is 20.1. The first kappa shape index (κ1) is 27.6. The van der Waals surface area contributed by atoms with E-state index in [4.69, 9.17) is 14.2 Å². The fraction of sp³-hybridized carbons (Fsp3) is 0.148. The summed E-state index contributed by atoms with van der Waals surface area (Å²) < 4.78 is 15.9. The van der Waals surface area contributed by atoms with Gasteiger partial charge in [-0.3, -0.25) is 9.59 Å².